The standard InChI is InChI=1S/C13H27ClO3Si/c1-7-8-12(15)17-11(9-14)10-16-18(5,6)13(2,3)4/h11H,7-10H2,1-6H3. The molecule has 0 fully saturated rings. The lowest BCUT2D eigenvalue weighted by Crippen LogP contribution is -2.43. The van der Waals surface area contributed by atoms with Crippen molar-refractivity contribution in [2.24, 2.45) is 0 Å². The second-order valence-electron chi connectivity index (χ2n) is 6.09. The van der Waals surface area contributed by atoms with E-state index < -0.39 is 8.32 Å². The number of esters is 1. The van der Waals surface area contributed by atoms with Crippen molar-refractivity contribution in [3.05, 3.63) is 0 Å². The van der Waals surface area contributed by atoms with Crippen molar-refractivity contribution in [3.8, 4) is 0 Å². The molecule has 0 aliphatic heterocycles. The van der Waals surface area contributed by atoms with Crippen LogP contribution in [0.1, 0.15) is 40.5 Å². The van der Waals surface area contributed by atoms with E-state index in [1.54, 1.807) is 0 Å². The Hall–Kier alpha value is -0.0631. The van der Waals surface area contributed by atoms with Crippen molar-refractivity contribution in [2.45, 2.75) is 64.8 Å². The van der Waals surface area contributed by atoms with Crippen LogP contribution in [0.25, 0.3) is 0 Å². The Morgan fingerprint density at radius 2 is 1.89 bits per heavy atom. The van der Waals surface area contributed by atoms with Crippen LogP contribution >= 0.6 is 11.6 Å². The Kier molecular flexibility index (Phi) is 7.48. The summed E-state index contributed by atoms with van der Waals surface area (Å²) in [6.45, 7) is 13.2. The van der Waals surface area contributed by atoms with Crippen LogP contribution in [0.2, 0.25) is 18.1 Å². The van der Waals surface area contributed by atoms with E-state index in [9.17, 15) is 4.79 Å². The van der Waals surface area contributed by atoms with Crippen LogP contribution < -0.4 is 0 Å². The summed E-state index contributed by atoms with van der Waals surface area (Å²) in [5.74, 6) is 0.0892. The number of rotatable bonds is 7. The van der Waals surface area contributed by atoms with E-state index in [2.05, 4.69) is 33.9 Å². The van der Waals surface area contributed by atoms with Gasteiger partial charge in [-0.05, 0) is 24.6 Å². The van der Waals surface area contributed by atoms with Crippen LogP contribution in [0.4, 0.5) is 0 Å². The number of hydrogen-bond acceptors (Lipinski definition) is 3. The molecular weight excluding hydrogens is 268 g/mol. The molecule has 0 N–H and O–H groups in total. The van der Waals surface area contributed by atoms with Gasteiger partial charge in [-0.2, -0.15) is 0 Å². The third-order valence-corrected chi connectivity index (χ3v) is 8.21. The minimum atomic E-state index is -1.80. The molecule has 18 heavy (non-hydrogen) atoms. The molecule has 0 bridgehead atoms. The molecule has 0 aromatic heterocycles. The van der Waals surface area contributed by atoms with Gasteiger partial charge < -0.3 is 9.16 Å². The summed E-state index contributed by atoms with van der Waals surface area (Å²) in [5.41, 5.74) is 0. The zero-order chi connectivity index (χ0) is 14.4. The van der Waals surface area contributed by atoms with Gasteiger partial charge in [0, 0.05) is 6.42 Å². The van der Waals surface area contributed by atoms with Gasteiger partial charge in [-0.25, -0.2) is 0 Å². The van der Waals surface area contributed by atoms with Crippen molar-refractivity contribution >= 4 is 25.9 Å². The topological polar surface area (TPSA) is 35.5 Å². The number of halogens is 1. The molecule has 0 aromatic rings. The fourth-order valence-electron chi connectivity index (χ4n) is 1.08. The van der Waals surface area contributed by atoms with Gasteiger partial charge in [0.15, 0.2) is 8.32 Å². The molecule has 0 aromatic carbocycles. The highest BCUT2D eigenvalue weighted by molar-refractivity contribution is 6.74. The Balaban J connectivity index is 4.27. The molecule has 0 heterocycles. The van der Waals surface area contributed by atoms with E-state index in [1.807, 2.05) is 6.92 Å². The number of carbonyl (C=O) groups is 1. The Labute approximate surface area is 117 Å². The molecular formula is C13H27ClO3Si. The molecule has 0 aliphatic carbocycles. The lowest BCUT2D eigenvalue weighted by molar-refractivity contribution is -0.149. The summed E-state index contributed by atoms with van der Waals surface area (Å²) in [4.78, 5) is 11.4. The first-order chi connectivity index (χ1) is 8.14. The number of ether oxygens (including phenoxy) is 1. The van der Waals surface area contributed by atoms with Gasteiger partial charge in [0.05, 0.1) is 12.5 Å². The quantitative estimate of drug-likeness (QED) is 0.405. The highest BCUT2D eigenvalue weighted by Gasteiger charge is 2.37. The molecule has 0 saturated heterocycles. The van der Waals surface area contributed by atoms with Crippen molar-refractivity contribution in [1.82, 2.24) is 0 Å². The maximum Gasteiger partial charge on any atom is 0.306 e. The normalized spacial score (nSPS) is 14.4. The van der Waals surface area contributed by atoms with E-state index >= 15 is 0 Å². The van der Waals surface area contributed by atoms with Crippen molar-refractivity contribution in [1.29, 1.82) is 0 Å². The van der Waals surface area contributed by atoms with E-state index in [0.717, 1.165) is 6.42 Å². The molecule has 0 saturated carbocycles. The molecule has 0 spiro atoms. The molecule has 0 amide bonds. The first-order valence-electron chi connectivity index (χ1n) is 6.53. The number of carbonyl (C=O) groups excluding carboxylic acids is 1. The van der Waals surface area contributed by atoms with Crippen LogP contribution in [0, 0.1) is 0 Å². The van der Waals surface area contributed by atoms with E-state index in [4.69, 9.17) is 20.8 Å². The molecule has 5 heteroatoms. The van der Waals surface area contributed by atoms with E-state index in [0.29, 0.717) is 13.0 Å². The predicted octanol–water partition coefficient (Wildman–Crippen LogP) is 3.96. The van der Waals surface area contributed by atoms with Crippen molar-refractivity contribution < 1.29 is 14.0 Å². The Morgan fingerprint density at radius 1 is 1.33 bits per heavy atom. The maximum atomic E-state index is 11.4. The average Bonchev–Trinajstić information content (AvgIpc) is 2.22. The predicted molar refractivity (Wildman–Crippen MR) is 78.7 cm³/mol. The van der Waals surface area contributed by atoms with E-state index in [-0.39, 0.29) is 23.0 Å². The Morgan fingerprint density at radius 3 is 2.28 bits per heavy atom. The average molecular weight is 295 g/mol. The fourth-order valence-corrected chi connectivity index (χ4v) is 2.26. The second kappa shape index (κ2) is 7.51. The van der Waals surface area contributed by atoms with Crippen LogP contribution in [-0.4, -0.2) is 32.9 Å². The van der Waals surface area contributed by atoms with Gasteiger partial charge in [-0.15, -0.1) is 11.6 Å². The van der Waals surface area contributed by atoms with Crippen LogP contribution in [0.5, 0.6) is 0 Å². The summed E-state index contributed by atoms with van der Waals surface area (Å²) >= 11 is 5.81. The minimum absolute atomic E-state index is 0.150. The highest BCUT2D eigenvalue weighted by Crippen LogP contribution is 2.36. The SMILES string of the molecule is CCCC(=O)OC(CCl)CO[Si](C)(C)C(C)(C)C. The zero-order valence-corrected chi connectivity index (χ0v) is 14.3. The molecule has 1 atom stereocenters. The largest absolute Gasteiger partial charge is 0.459 e. The summed E-state index contributed by atoms with van der Waals surface area (Å²) in [5, 5.41) is 0.150. The molecule has 0 aliphatic rings. The van der Waals surface area contributed by atoms with Crippen LogP contribution in [0.3, 0.4) is 0 Å². The summed E-state index contributed by atoms with van der Waals surface area (Å²) in [6.07, 6.45) is 0.893. The molecule has 0 rings (SSSR count). The van der Waals surface area contributed by atoms with Gasteiger partial charge in [-0.3, -0.25) is 4.79 Å². The lowest BCUT2D eigenvalue weighted by atomic mass is 10.2. The summed E-state index contributed by atoms with van der Waals surface area (Å²) < 4.78 is 11.3. The number of hydrogen-bond donors (Lipinski definition) is 0. The van der Waals surface area contributed by atoms with Crippen molar-refractivity contribution in [2.75, 3.05) is 12.5 Å². The fraction of sp³-hybridized carbons (Fsp3) is 0.923. The smallest absolute Gasteiger partial charge is 0.306 e. The lowest BCUT2D eigenvalue weighted by Gasteiger charge is -2.37. The van der Waals surface area contributed by atoms with Crippen LogP contribution in [-0.2, 0) is 14.0 Å². The maximum absolute atomic E-state index is 11.4. The van der Waals surface area contributed by atoms with Crippen LogP contribution in [0.15, 0.2) is 0 Å². The Bertz CT molecular complexity index is 261. The van der Waals surface area contributed by atoms with Gasteiger partial charge in [0.1, 0.15) is 6.10 Å². The van der Waals surface area contributed by atoms with Gasteiger partial charge in [-0.1, -0.05) is 27.7 Å². The zero-order valence-electron chi connectivity index (χ0n) is 12.5. The third-order valence-electron chi connectivity index (χ3n) is 3.36. The summed E-state index contributed by atoms with van der Waals surface area (Å²) in [7, 11) is -1.80. The van der Waals surface area contributed by atoms with Gasteiger partial charge in [0.2, 0.25) is 0 Å². The molecule has 0 radical (unpaired) electrons. The van der Waals surface area contributed by atoms with Crippen molar-refractivity contribution in [3.63, 3.8) is 0 Å². The van der Waals surface area contributed by atoms with E-state index in [1.165, 1.54) is 0 Å². The summed E-state index contributed by atoms with van der Waals surface area (Å²) in [6, 6.07) is 0. The minimum Gasteiger partial charge on any atom is -0.459 e. The van der Waals surface area contributed by atoms with Gasteiger partial charge in [0.25, 0.3) is 0 Å². The molecule has 1 unspecified atom stereocenters. The number of alkyl halides is 1. The first kappa shape index (κ1) is 17.9. The van der Waals surface area contributed by atoms with Gasteiger partial charge >= 0.3 is 5.97 Å². The highest BCUT2D eigenvalue weighted by atomic mass is 35.5. The first-order valence-corrected chi connectivity index (χ1v) is 9.97. The second-order valence-corrected chi connectivity index (χ2v) is 11.2. The molecule has 108 valence electrons. The molecule has 3 nitrogen and oxygen atoms in total. The third kappa shape index (κ3) is 6.21. The monoisotopic (exact) mass is 294 g/mol.